The summed E-state index contributed by atoms with van der Waals surface area (Å²) in [5.74, 6) is 1.66. The summed E-state index contributed by atoms with van der Waals surface area (Å²) in [7, 11) is 0. The lowest BCUT2D eigenvalue weighted by atomic mass is 9.67. The monoisotopic (exact) mass is 448 g/mol. The van der Waals surface area contributed by atoms with Crippen LogP contribution < -0.4 is 0 Å². The molecule has 33 heavy (non-hydrogen) atoms. The largest absolute Gasteiger partial charge is 0.337 e. The third-order valence-corrected chi connectivity index (χ3v) is 7.90. The second-order valence-corrected chi connectivity index (χ2v) is 10.1. The number of amides is 1. The summed E-state index contributed by atoms with van der Waals surface area (Å²) in [5.41, 5.74) is 1.98. The summed E-state index contributed by atoms with van der Waals surface area (Å²) in [5, 5.41) is 15.9. The number of nitrogens with zero attached hydrogens (tertiary/aromatic N) is 5. The number of hydrogen-bond donors (Lipinski definition) is 1. The number of H-pyrrole nitrogens is 1. The van der Waals surface area contributed by atoms with Gasteiger partial charge >= 0.3 is 0 Å². The van der Waals surface area contributed by atoms with E-state index in [0.29, 0.717) is 17.8 Å². The Kier molecular flexibility index (Phi) is 5.03. The van der Waals surface area contributed by atoms with Crippen LogP contribution in [-0.2, 0) is 6.54 Å². The number of carbonyl (C=O) groups is 1. The molecule has 1 aromatic carbocycles. The highest BCUT2D eigenvalue weighted by atomic mass is 19.1. The maximum Gasteiger partial charge on any atom is 0.257 e. The highest BCUT2D eigenvalue weighted by molar-refractivity contribution is 6.00. The van der Waals surface area contributed by atoms with Gasteiger partial charge in [-0.2, -0.15) is 5.10 Å². The number of hydrogen-bond acceptors (Lipinski definition) is 4. The molecule has 1 atom stereocenters. The molecule has 3 aliphatic rings. The van der Waals surface area contributed by atoms with E-state index in [0.717, 1.165) is 43.2 Å². The van der Waals surface area contributed by atoms with E-state index in [1.807, 2.05) is 11.2 Å². The van der Waals surface area contributed by atoms with Crippen molar-refractivity contribution in [1.29, 1.82) is 0 Å². The van der Waals surface area contributed by atoms with E-state index in [1.54, 1.807) is 18.3 Å². The third-order valence-electron chi connectivity index (χ3n) is 7.90. The van der Waals surface area contributed by atoms with Crippen molar-refractivity contribution < 1.29 is 9.18 Å². The fraction of sp³-hybridized carbons (Fsp3) is 0.520. The Labute approximate surface area is 192 Å². The van der Waals surface area contributed by atoms with Crippen LogP contribution in [-0.4, -0.2) is 48.9 Å². The lowest BCUT2D eigenvalue weighted by molar-refractivity contribution is 0.0759. The SMILES string of the molecule is O=C(c1cn[nH]c1-c1ccc(F)cc1)N1CC(c2nncn2CC2CC2)C2(CCCCC2)C1. The van der Waals surface area contributed by atoms with Crippen molar-refractivity contribution in [3.05, 3.63) is 54.0 Å². The molecule has 8 heteroatoms. The van der Waals surface area contributed by atoms with Crippen LogP contribution in [0.25, 0.3) is 11.3 Å². The van der Waals surface area contributed by atoms with E-state index in [1.165, 1.54) is 44.2 Å². The van der Waals surface area contributed by atoms with Gasteiger partial charge in [0.05, 0.1) is 17.5 Å². The summed E-state index contributed by atoms with van der Waals surface area (Å²) in [6.45, 7) is 2.37. The summed E-state index contributed by atoms with van der Waals surface area (Å²) < 4.78 is 15.7. The van der Waals surface area contributed by atoms with Gasteiger partial charge in [0, 0.05) is 31.1 Å². The standard InChI is InChI=1S/C25H29FN6O/c26-19-8-6-18(7-9-19)22-20(12-27-29-22)24(33)31-14-21(25(15-31)10-2-1-3-11-25)23-30-28-16-32(23)13-17-4-5-17/h6-9,12,16-17,21H,1-5,10-11,13-15H2,(H,27,29). The van der Waals surface area contributed by atoms with Crippen molar-refractivity contribution in [3.8, 4) is 11.3 Å². The van der Waals surface area contributed by atoms with Crippen LogP contribution in [0.15, 0.2) is 36.8 Å². The van der Waals surface area contributed by atoms with Crippen LogP contribution in [0.1, 0.15) is 67.0 Å². The van der Waals surface area contributed by atoms with Crippen LogP contribution in [0.5, 0.6) is 0 Å². The Bertz CT molecular complexity index is 1140. The zero-order valence-electron chi connectivity index (χ0n) is 18.7. The molecule has 2 aliphatic carbocycles. The van der Waals surface area contributed by atoms with Gasteiger partial charge in [0.1, 0.15) is 18.0 Å². The minimum atomic E-state index is -0.303. The maximum absolute atomic E-state index is 13.7. The number of halogens is 1. The molecule has 3 aromatic rings. The Balaban J connectivity index is 1.31. The van der Waals surface area contributed by atoms with Gasteiger partial charge in [-0.25, -0.2) is 4.39 Å². The molecule has 1 amide bonds. The molecule has 6 rings (SSSR count). The fourth-order valence-corrected chi connectivity index (χ4v) is 5.95. The van der Waals surface area contributed by atoms with Crippen molar-refractivity contribution >= 4 is 5.91 Å². The number of nitrogens with one attached hydrogen (secondary N) is 1. The first-order chi connectivity index (χ1) is 16.1. The highest BCUT2D eigenvalue weighted by Crippen LogP contribution is 2.52. The molecular formula is C25H29FN6O. The molecule has 0 bridgehead atoms. The first-order valence-corrected chi connectivity index (χ1v) is 12.1. The minimum absolute atomic E-state index is 0.0243. The van der Waals surface area contributed by atoms with Gasteiger partial charge in [0.2, 0.25) is 0 Å². The summed E-state index contributed by atoms with van der Waals surface area (Å²) in [6.07, 6.45) is 11.9. The lowest BCUT2D eigenvalue weighted by Crippen LogP contribution is -2.34. The zero-order valence-corrected chi connectivity index (χ0v) is 18.7. The number of carbonyl (C=O) groups excluding carboxylic acids is 1. The number of rotatable bonds is 5. The molecular weight excluding hydrogens is 419 g/mol. The second kappa shape index (κ2) is 8.08. The van der Waals surface area contributed by atoms with Gasteiger partial charge < -0.3 is 9.47 Å². The van der Waals surface area contributed by atoms with Gasteiger partial charge in [-0.1, -0.05) is 19.3 Å². The third kappa shape index (κ3) is 3.75. The van der Waals surface area contributed by atoms with Crippen molar-refractivity contribution in [2.75, 3.05) is 13.1 Å². The van der Waals surface area contributed by atoms with Crippen LogP contribution >= 0.6 is 0 Å². The predicted molar refractivity (Wildman–Crippen MR) is 121 cm³/mol. The van der Waals surface area contributed by atoms with Crippen LogP contribution in [0.3, 0.4) is 0 Å². The Morgan fingerprint density at radius 2 is 1.94 bits per heavy atom. The summed E-state index contributed by atoms with van der Waals surface area (Å²) >= 11 is 0. The molecule has 1 saturated heterocycles. The molecule has 2 saturated carbocycles. The fourth-order valence-electron chi connectivity index (χ4n) is 5.95. The van der Waals surface area contributed by atoms with E-state index in [9.17, 15) is 9.18 Å². The molecule has 172 valence electrons. The van der Waals surface area contributed by atoms with Gasteiger partial charge in [0.15, 0.2) is 0 Å². The number of benzene rings is 1. The molecule has 1 spiro atoms. The van der Waals surface area contributed by atoms with Gasteiger partial charge in [0.25, 0.3) is 5.91 Å². The lowest BCUT2D eigenvalue weighted by Gasteiger charge is -2.37. The minimum Gasteiger partial charge on any atom is -0.337 e. The molecule has 2 aromatic heterocycles. The quantitative estimate of drug-likeness (QED) is 0.627. The zero-order chi connectivity index (χ0) is 22.4. The average molecular weight is 449 g/mol. The van der Waals surface area contributed by atoms with E-state index < -0.39 is 0 Å². The van der Waals surface area contributed by atoms with Crippen molar-refractivity contribution in [2.24, 2.45) is 11.3 Å². The molecule has 1 unspecified atom stereocenters. The molecule has 0 radical (unpaired) electrons. The van der Waals surface area contributed by atoms with Crippen molar-refractivity contribution in [3.63, 3.8) is 0 Å². The molecule has 1 N–H and O–H groups in total. The van der Waals surface area contributed by atoms with Crippen molar-refractivity contribution in [1.82, 2.24) is 29.9 Å². The highest BCUT2D eigenvalue weighted by Gasteiger charge is 2.51. The van der Waals surface area contributed by atoms with E-state index in [-0.39, 0.29) is 23.1 Å². The second-order valence-electron chi connectivity index (χ2n) is 10.1. The Hall–Kier alpha value is -3.03. The van der Waals surface area contributed by atoms with Gasteiger partial charge in [-0.15, -0.1) is 10.2 Å². The average Bonchev–Trinajstić information content (AvgIpc) is 3.20. The smallest absolute Gasteiger partial charge is 0.257 e. The number of aromatic nitrogens is 5. The van der Waals surface area contributed by atoms with Crippen molar-refractivity contribution in [2.45, 2.75) is 57.4 Å². The summed E-state index contributed by atoms with van der Waals surface area (Å²) in [4.78, 5) is 15.7. The maximum atomic E-state index is 13.7. The predicted octanol–water partition coefficient (Wildman–Crippen LogP) is 4.41. The van der Waals surface area contributed by atoms with E-state index in [2.05, 4.69) is 25.0 Å². The Morgan fingerprint density at radius 1 is 1.15 bits per heavy atom. The van der Waals surface area contributed by atoms with Gasteiger partial charge in [-0.05, 0) is 61.3 Å². The van der Waals surface area contributed by atoms with Crippen LogP contribution in [0, 0.1) is 17.2 Å². The first kappa shape index (κ1) is 20.6. The molecule has 7 nitrogen and oxygen atoms in total. The molecule has 3 fully saturated rings. The van der Waals surface area contributed by atoms with E-state index in [4.69, 9.17) is 0 Å². The number of aromatic amines is 1. The van der Waals surface area contributed by atoms with Gasteiger partial charge in [-0.3, -0.25) is 9.89 Å². The molecule has 1 aliphatic heterocycles. The topological polar surface area (TPSA) is 79.7 Å². The first-order valence-electron chi connectivity index (χ1n) is 12.1. The Morgan fingerprint density at radius 3 is 2.70 bits per heavy atom. The number of likely N-dealkylation sites (tertiary alicyclic amines) is 1. The normalized spacial score (nSPS) is 22.2. The summed E-state index contributed by atoms with van der Waals surface area (Å²) in [6, 6.07) is 6.16. The van der Waals surface area contributed by atoms with E-state index >= 15 is 0 Å². The van der Waals surface area contributed by atoms with Crippen LogP contribution in [0.2, 0.25) is 0 Å². The van der Waals surface area contributed by atoms with Crippen LogP contribution in [0.4, 0.5) is 4.39 Å². The molecule has 3 heterocycles.